The summed E-state index contributed by atoms with van der Waals surface area (Å²) in [5.74, 6) is 1.09. The van der Waals surface area contributed by atoms with E-state index in [1.807, 2.05) is 11.8 Å². The number of nitrogens with zero attached hydrogens (tertiary/aromatic N) is 2. The molecule has 0 radical (unpaired) electrons. The molecule has 0 amide bonds. The van der Waals surface area contributed by atoms with Gasteiger partial charge in [-0.25, -0.2) is 4.98 Å². The summed E-state index contributed by atoms with van der Waals surface area (Å²) in [6, 6.07) is 5.05. The van der Waals surface area contributed by atoms with Crippen LogP contribution in [-0.2, 0) is 0 Å². The summed E-state index contributed by atoms with van der Waals surface area (Å²) < 4.78 is 0. The highest BCUT2D eigenvalue weighted by Gasteiger charge is 2.25. The van der Waals surface area contributed by atoms with Gasteiger partial charge in [0.25, 0.3) is 0 Å². The van der Waals surface area contributed by atoms with Crippen LogP contribution in [-0.4, -0.2) is 28.7 Å². The number of hydrogen-bond acceptors (Lipinski definition) is 3. The summed E-state index contributed by atoms with van der Waals surface area (Å²) in [7, 11) is 0. The third kappa shape index (κ3) is 3.23. The van der Waals surface area contributed by atoms with Crippen molar-refractivity contribution in [2.45, 2.75) is 44.2 Å². The van der Waals surface area contributed by atoms with Gasteiger partial charge in [-0.1, -0.05) is 19.9 Å². The summed E-state index contributed by atoms with van der Waals surface area (Å²) in [5.41, 5.74) is 1.40. The molecule has 1 aliphatic rings. The minimum atomic E-state index is 0.614. The topological polar surface area (TPSA) is 16.1 Å². The standard InChI is InChI=1S/C14H22N2S/c1-3-9-16-10-5-6-13(16)12-7-8-14(15-11-12)17-4-2/h7-8,11,13H,3-6,9-10H2,1-2H3/t13-/m0/s1. The van der Waals surface area contributed by atoms with Gasteiger partial charge in [0.2, 0.25) is 0 Å². The first kappa shape index (κ1) is 12.9. The monoisotopic (exact) mass is 250 g/mol. The van der Waals surface area contributed by atoms with Crippen LogP contribution in [0.3, 0.4) is 0 Å². The van der Waals surface area contributed by atoms with E-state index in [4.69, 9.17) is 0 Å². The van der Waals surface area contributed by atoms with Crippen LogP contribution in [0.1, 0.15) is 44.7 Å². The lowest BCUT2D eigenvalue weighted by Crippen LogP contribution is -2.24. The molecular weight excluding hydrogens is 228 g/mol. The minimum absolute atomic E-state index is 0.614. The Labute approximate surface area is 109 Å². The SMILES string of the molecule is CCCN1CCC[C@H]1c1ccc(SCC)nc1. The number of hydrogen-bond donors (Lipinski definition) is 0. The smallest absolute Gasteiger partial charge is 0.0959 e. The van der Waals surface area contributed by atoms with Crippen LogP contribution in [0.4, 0.5) is 0 Å². The molecule has 3 heteroatoms. The second-order valence-corrected chi connectivity index (χ2v) is 5.84. The van der Waals surface area contributed by atoms with Gasteiger partial charge in [0, 0.05) is 12.2 Å². The average molecular weight is 250 g/mol. The van der Waals surface area contributed by atoms with Crippen molar-refractivity contribution < 1.29 is 0 Å². The Bertz CT molecular complexity index is 337. The molecule has 1 aromatic rings. The fourth-order valence-corrected chi connectivity index (χ4v) is 3.17. The van der Waals surface area contributed by atoms with E-state index < -0.39 is 0 Å². The fourth-order valence-electron chi connectivity index (χ4n) is 2.58. The summed E-state index contributed by atoms with van der Waals surface area (Å²) >= 11 is 1.81. The number of rotatable bonds is 5. The molecular formula is C14H22N2S. The lowest BCUT2D eigenvalue weighted by atomic mass is 10.1. The van der Waals surface area contributed by atoms with Gasteiger partial charge in [-0.15, -0.1) is 11.8 Å². The first-order valence-corrected chi connectivity index (χ1v) is 7.66. The number of aromatic nitrogens is 1. The molecule has 0 saturated carbocycles. The van der Waals surface area contributed by atoms with Gasteiger partial charge in [-0.05, 0) is 49.7 Å². The molecule has 0 aromatic carbocycles. The van der Waals surface area contributed by atoms with Crippen LogP contribution in [0.2, 0.25) is 0 Å². The maximum atomic E-state index is 4.54. The summed E-state index contributed by atoms with van der Waals surface area (Å²) in [4.78, 5) is 7.14. The van der Waals surface area contributed by atoms with Crippen LogP contribution in [0, 0.1) is 0 Å². The number of pyridine rings is 1. The van der Waals surface area contributed by atoms with Gasteiger partial charge in [-0.3, -0.25) is 4.90 Å². The van der Waals surface area contributed by atoms with Crippen molar-refractivity contribution in [1.82, 2.24) is 9.88 Å². The molecule has 0 spiro atoms. The third-order valence-corrected chi connectivity index (χ3v) is 4.14. The van der Waals surface area contributed by atoms with Gasteiger partial charge in [0.15, 0.2) is 0 Å². The Hall–Kier alpha value is -0.540. The summed E-state index contributed by atoms with van der Waals surface area (Å²) in [5, 5.41) is 1.15. The van der Waals surface area contributed by atoms with Gasteiger partial charge in [0.1, 0.15) is 0 Å². The van der Waals surface area contributed by atoms with Gasteiger partial charge >= 0.3 is 0 Å². The molecule has 0 aliphatic carbocycles. The zero-order valence-corrected chi connectivity index (χ0v) is 11.7. The van der Waals surface area contributed by atoms with E-state index in [-0.39, 0.29) is 0 Å². The van der Waals surface area contributed by atoms with E-state index in [1.165, 1.54) is 37.9 Å². The first-order valence-electron chi connectivity index (χ1n) is 6.68. The maximum absolute atomic E-state index is 4.54. The van der Waals surface area contributed by atoms with Crippen molar-refractivity contribution in [3.05, 3.63) is 23.9 Å². The molecule has 0 unspecified atom stereocenters. The van der Waals surface area contributed by atoms with Crippen LogP contribution in [0.25, 0.3) is 0 Å². The van der Waals surface area contributed by atoms with Crippen LogP contribution in [0.15, 0.2) is 23.4 Å². The Morgan fingerprint density at radius 2 is 2.29 bits per heavy atom. The normalized spacial score (nSPS) is 20.9. The lowest BCUT2D eigenvalue weighted by molar-refractivity contribution is 0.257. The average Bonchev–Trinajstić information content (AvgIpc) is 2.79. The molecule has 1 atom stereocenters. The van der Waals surface area contributed by atoms with Crippen molar-refractivity contribution in [1.29, 1.82) is 0 Å². The van der Waals surface area contributed by atoms with Crippen LogP contribution < -0.4 is 0 Å². The molecule has 1 fully saturated rings. The summed E-state index contributed by atoms with van der Waals surface area (Å²) in [6.07, 6.45) is 5.95. The van der Waals surface area contributed by atoms with Crippen LogP contribution >= 0.6 is 11.8 Å². The predicted molar refractivity (Wildman–Crippen MR) is 74.5 cm³/mol. The maximum Gasteiger partial charge on any atom is 0.0959 e. The van der Waals surface area contributed by atoms with E-state index in [1.54, 1.807) is 0 Å². The van der Waals surface area contributed by atoms with Crippen molar-refractivity contribution in [3.8, 4) is 0 Å². The molecule has 17 heavy (non-hydrogen) atoms. The lowest BCUT2D eigenvalue weighted by Gasteiger charge is -2.23. The molecule has 2 heterocycles. The second-order valence-electron chi connectivity index (χ2n) is 4.56. The Kier molecular flexibility index (Phi) is 4.86. The molecule has 2 rings (SSSR count). The highest BCUT2D eigenvalue weighted by molar-refractivity contribution is 7.99. The zero-order chi connectivity index (χ0) is 12.1. The van der Waals surface area contributed by atoms with E-state index >= 15 is 0 Å². The van der Waals surface area contributed by atoms with E-state index in [0.29, 0.717) is 6.04 Å². The number of likely N-dealkylation sites (tertiary alicyclic amines) is 1. The van der Waals surface area contributed by atoms with Gasteiger partial charge in [0.05, 0.1) is 5.03 Å². The highest BCUT2D eigenvalue weighted by Crippen LogP contribution is 2.32. The molecule has 1 aromatic heterocycles. The quantitative estimate of drug-likeness (QED) is 0.741. The second kappa shape index (κ2) is 6.41. The van der Waals surface area contributed by atoms with Crippen molar-refractivity contribution in [2.75, 3.05) is 18.8 Å². The highest BCUT2D eigenvalue weighted by atomic mass is 32.2. The van der Waals surface area contributed by atoms with Crippen molar-refractivity contribution in [2.24, 2.45) is 0 Å². The zero-order valence-electron chi connectivity index (χ0n) is 10.9. The molecule has 0 N–H and O–H groups in total. The van der Waals surface area contributed by atoms with Crippen LogP contribution in [0.5, 0.6) is 0 Å². The molecule has 1 aliphatic heterocycles. The Morgan fingerprint density at radius 1 is 1.41 bits per heavy atom. The van der Waals surface area contributed by atoms with E-state index in [9.17, 15) is 0 Å². The molecule has 1 saturated heterocycles. The fraction of sp³-hybridized carbons (Fsp3) is 0.643. The first-order chi connectivity index (χ1) is 8.35. The summed E-state index contributed by atoms with van der Waals surface area (Å²) in [6.45, 7) is 6.90. The largest absolute Gasteiger partial charge is 0.296 e. The Balaban J connectivity index is 2.05. The minimum Gasteiger partial charge on any atom is -0.296 e. The predicted octanol–water partition coefficient (Wildman–Crippen LogP) is 3.74. The van der Waals surface area contributed by atoms with E-state index in [2.05, 4.69) is 42.1 Å². The molecule has 94 valence electrons. The third-order valence-electron chi connectivity index (χ3n) is 3.31. The van der Waals surface area contributed by atoms with Gasteiger partial charge < -0.3 is 0 Å². The molecule has 0 bridgehead atoms. The van der Waals surface area contributed by atoms with Crippen molar-refractivity contribution in [3.63, 3.8) is 0 Å². The van der Waals surface area contributed by atoms with Crippen molar-refractivity contribution >= 4 is 11.8 Å². The molecule has 2 nitrogen and oxygen atoms in total. The van der Waals surface area contributed by atoms with E-state index in [0.717, 1.165) is 10.8 Å². The Morgan fingerprint density at radius 3 is 2.94 bits per heavy atom. The van der Waals surface area contributed by atoms with Gasteiger partial charge in [-0.2, -0.15) is 0 Å². The number of thioether (sulfide) groups is 1.